The van der Waals surface area contributed by atoms with E-state index in [1.165, 1.54) is 17.1 Å². The van der Waals surface area contributed by atoms with Crippen molar-refractivity contribution >= 4 is 27.5 Å². The highest BCUT2D eigenvalue weighted by molar-refractivity contribution is 7.18. The maximum absolute atomic E-state index is 10.8. The lowest BCUT2D eigenvalue weighted by molar-refractivity contribution is 0.0690. The maximum atomic E-state index is 10.8. The predicted octanol–water partition coefficient (Wildman–Crippen LogP) is 2.98. The summed E-state index contributed by atoms with van der Waals surface area (Å²) >= 11 is 1.68. The van der Waals surface area contributed by atoms with E-state index in [9.17, 15) is 4.79 Å². The summed E-state index contributed by atoms with van der Waals surface area (Å²) in [7, 11) is 1.99. The van der Waals surface area contributed by atoms with Crippen molar-refractivity contribution in [2.75, 3.05) is 7.05 Å². The second-order valence-corrected chi connectivity index (χ2v) is 6.37. The van der Waals surface area contributed by atoms with Gasteiger partial charge < -0.3 is 5.11 Å². The van der Waals surface area contributed by atoms with Crippen molar-refractivity contribution in [3.63, 3.8) is 0 Å². The summed E-state index contributed by atoms with van der Waals surface area (Å²) in [6, 6.07) is 8.21. The summed E-state index contributed by atoms with van der Waals surface area (Å²) in [4.78, 5) is 25.6. The Bertz CT molecular complexity index is 798. The molecule has 3 rings (SSSR count). The normalized spacial score (nSPS) is 12.7. The number of thiazole rings is 1. The number of nitrogens with zero attached hydrogens (tertiary/aromatic N) is 4. The molecule has 1 N–H and O–H groups in total. The van der Waals surface area contributed by atoms with Crippen molar-refractivity contribution in [1.29, 1.82) is 0 Å². The van der Waals surface area contributed by atoms with Gasteiger partial charge in [0.1, 0.15) is 5.01 Å². The van der Waals surface area contributed by atoms with Crippen LogP contribution in [0.25, 0.3) is 10.2 Å². The molecular weight excluding hydrogens is 312 g/mol. The third-order valence-corrected chi connectivity index (χ3v) is 4.87. The number of fused-ring (bicyclic) bond motifs is 1. The predicted molar refractivity (Wildman–Crippen MR) is 88.5 cm³/mol. The zero-order valence-corrected chi connectivity index (χ0v) is 13.6. The molecule has 118 valence electrons. The number of benzene rings is 1. The Morgan fingerprint density at radius 1 is 1.30 bits per heavy atom. The molecule has 0 aliphatic carbocycles. The third-order valence-electron chi connectivity index (χ3n) is 3.66. The molecule has 7 heteroatoms. The first kappa shape index (κ1) is 15.5. The molecule has 0 bridgehead atoms. The lowest BCUT2D eigenvalue weighted by atomic mass is 10.3. The fourth-order valence-electron chi connectivity index (χ4n) is 2.20. The molecule has 2 aromatic heterocycles. The van der Waals surface area contributed by atoms with Crippen molar-refractivity contribution in [2.24, 2.45) is 0 Å². The minimum absolute atomic E-state index is 0.0457. The van der Waals surface area contributed by atoms with Crippen LogP contribution in [0, 0.1) is 0 Å². The number of rotatable bonds is 5. The SMILES string of the molecule is CC(c1nc2ccccc2s1)N(C)Cc1cnc(C(=O)O)cn1. The van der Waals surface area contributed by atoms with E-state index in [1.54, 1.807) is 11.3 Å². The summed E-state index contributed by atoms with van der Waals surface area (Å²) in [5.41, 5.74) is 1.69. The lowest BCUT2D eigenvalue weighted by Crippen LogP contribution is -2.22. The fourth-order valence-corrected chi connectivity index (χ4v) is 3.28. The van der Waals surface area contributed by atoms with Crippen LogP contribution >= 0.6 is 11.3 Å². The molecule has 6 nitrogen and oxygen atoms in total. The largest absolute Gasteiger partial charge is 0.476 e. The molecule has 3 aromatic rings. The Hall–Kier alpha value is -2.38. The van der Waals surface area contributed by atoms with Crippen LogP contribution in [0.3, 0.4) is 0 Å². The standard InChI is InChI=1S/C16H16N4O2S/c1-10(15-19-12-5-3-4-6-14(12)23-15)20(2)9-11-7-18-13(8-17-11)16(21)22/h3-8,10H,9H2,1-2H3,(H,21,22). The smallest absolute Gasteiger partial charge is 0.356 e. The topological polar surface area (TPSA) is 79.2 Å². The zero-order valence-electron chi connectivity index (χ0n) is 12.8. The molecule has 1 unspecified atom stereocenters. The monoisotopic (exact) mass is 328 g/mol. The molecule has 0 spiro atoms. The quantitative estimate of drug-likeness (QED) is 0.775. The number of carboxylic acids is 1. The van der Waals surface area contributed by atoms with Crippen LogP contribution in [0.15, 0.2) is 36.7 Å². The number of aromatic nitrogens is 3. The Balaban J connectivity index is 1.73. The van der Waals surface area contributed by atoms with E-state index in [0.717, 1.165) is 16.2 Å². The maximum Gasteiger partial charge on any atom is 0.356 e. The van der Waals surface area contributed by atoms with Crippen LogP contribution < -0.4 is 0 Å². The summed E-state index contributed by atoms with van der Waals surface area (Å²) in [5.74, 6) is -1.07. The highest BCUT2D eigenvalue weighted by Gasteiger charge is 2.17. The van der Waals surface area contributed by atoms with E-state index >= 15 is 0 Å². The van der Waals surface area contributed by atoms with Gasteiger partial charge in [-0.15, -0.1) is 11.3 Å². The molecule has 0 radical (unpaired) electrons. The second-order valence-electron chi connectivity index (χ2n) is 5.31. The van der Waals surface area contributed by atoms with Crippen molar-refractivity contribution in [2.45, 2.75) is 19.5 Å². The van der Waals surface area contributed by atoms with Crippen LogP contribution in [0.5, 0.6) is 0 Å². The fraction of sp³-hybridized carbons (Fsp3) is 0.250. The first-order valence-electron chi connectivity index (χ1n) is 7.14. The van der Waals surface area contributed by atoms with Gasteiger partial charge in [-0.05, 0) is 26.1 Å². The number of para-hydroxylation sites is 1. The van der Waals surface area contributed by atoms with Crippen molar-refractivity contribution in [1.82, 2.24) is 19.9 Å². The van der Waals surface area contributed by atoms with E-state index in [2.05, 4.69) is 32.8 Å². The summed E-state index contributed by atoms with van der Waals surface area (Å²) in [6.45, 7) is 2.67. The number of hydrogen-bond donors (Lipinski definition) is 1. The molecule has 0 fully saturated rings. The second kappa shape index (κ2) is 6.39. The van der Waals surface area contributed by atoms with Gasteiger partial charge in [0.2, 0.25) is 0 Å². The number of carboxylic acid groups (broad SMARTS) is 1. The highest BCUT2D eigenvalue weighted by atomic mass is 32.1. The van der Waals surface area contributed by atoms with Gasteiger partial charge in [-0.3, -0.25) is 9.88 Å². The van der Waals surface area contributed by atoms with E-state index in [0.29, 0.717) is 6.54 Å². The van der Waals surface area contributed by atoms with Crippen molar-refractivity contribution in [3.05, 3.63) is 53.1 Å². The number of hydrogen-bond acceptors (Lipinski definition) is 6. The summed E-state index contributed by atoms with van der Waals surface area (Å²) < 4.78 is 1.17. The minimum atomic E-state index is -1.07. The van der Waals surface area contributed by atoms with Crippen LogP contribution in [-0.4, -0.2) is 38.0 Å². The van der Waals surface area contributed by atoms with Gasteiger partial charge in [-0.1, -0.05) is 12.1 Å². The average Bonchev–Trinajstić information content (AvgIpc) is 2.98. The van der Waals surface area contributed by atoms with Gasteiger partial charge in [0, 0.05) is 6.54 Å². The van der Waals surface area contributed by atoms with Gasteiger partial charge in [0.05, 0.1) is 34.3 Å². The third kappa shape index (κ3) is 3.35. The molecule has 0 amide bonds. The van der Waals surface area contributed by atoms with Crippen LogP contribution in [0.2, 0.25) is 0 Å². The first-order valence-corrected chi connectivity index (χ1v) is 7.96. The molecule has 1 atom stereocenters. The van der Waals surface area contributed by atoms with Gasteiger partial charge in [-0.25, -0.2) is 14.8 Å². The molecule has 0 saturated heterocycles. The lowest BCUT2D eigenvalue weighted by Gasteiger charge is -2.22. The van der Waals surface area contributed by atoms with Gasteiger partial charge in [0.25, 0.3) is 0 Å². The molecule has 0 aliphatic heterocycles. The van der Waals surface area contributed by atoms with Gasteiger partial charge in [-0.2, -0.15) is 0 Å². The minimum Gasteiger partial charge on any atom is -0.476 e. The Labute approximate surface area is 137 Å². The van der Waals surface area contributed by atoms with E-state index in [4.69, 9.17) is 5.11 Å². The van der Waals surface area contributed by atoms with Crippen LogP contribution in [0.1, 0.15) is 34.2 Å². The van der Waals surface area contributed by atoms with E-state index < -0.39 is 5.97 Å². The first-order chi connectivity index (χ1) is 11.0. The van der Waals surface area contributed by atoms with E-state index in [-0.39, 0.29) is 11.7 Å². The Morgan fingerprint density at radius 3 is 2.74 bits per heavy atom. The summed E-state index contributed by atoms with van der Waals surface area (Å²) in [6.07, 6.45) is 2.79. The molecule has 0 saturated carbocycles. The summed E-state index contributed by atoms with van der Waals surface area (Å²) in [5, 5.41) is 9.89. The molecule has 2 heterocycles. The zero-order chi connectivity index (χ0) is 16.4. The van der Waals surface area contributed by atoms with Crippen LogP contribution in [-0.2, 0) is 6.54 Å². The van der Waals surface area contributed by atoms with Crippen LogP contribution in [0.4, 0.5) is 0 Å². The average molecular weight is 328 g/mol. The number of aromatic carboxylic acids is 1. The van der Waals surface area contributed by atoms with Crippen molar-refractivity contribution in [3.8, 4) is 0 Å². The molecule has 23 heavy (non-hydrogen) atoms. The Kier molecular flexibility index (Phi) is 4.31. The van der Waals surface area contributed by atoms with E-state index in [1.807, 2.05) is 25.2 Å². The highest BCUT2D eigenvalue weighted by Crippen LogP contribution is 2.29. The molecular formula is C16H16N4O2S. The Morgan fingerprint density at radius 2 is 2.09 bits per heavy atom. The van der Waals surface area contributed by atoms with Gasteiger partial charge in [0.15, 0.2) is 5.69 Å². The molecule has 1 aromatic carbocycles. The number of carbonyl (C=O) groups is 1. The van der Waals surface area contributed by atoms with Gasteiger partial charge >= 0.3 is 5.97 Å². The molecule has 0 aliphatic rings. The van der Waals surface area contributed by atoms with Crippen molar-refractivity contribution < 1.29 is 9.90 Å².